The highest BCUT2D eigenvalue weighted by Gasteiger charge is 2.38. The van der Waals surface area contributed by atoms with Crippen molar-refractivity contribution in [3.05, 3.63) is 0 Å². The zero-order chi connectivity index (χ0) is 11.6. The summed E-state index contributed by atoms with van der Waals surface area (Å²) < 4.78 is 4.55. The number of ketones is 1. The van der Waals surface area contributed by atoms with Crippen LogP contribution in [0.2, 0.25) is 0 Å². The Hall–Kier alpha value is -0.900. The first kappa shape index (κ1) is 12.2. The van der Waals surface area contributed by atoms with E-state index >= 15 is 0 Å². The highest BCUT2D eigenvalue weighted by Crippen LogP contribution is 2.27. The summed E-state index contributed by atoms with van der Waals surface area (Å²) in [7, 11) is 1.34. The molecule has 1 heterocycles. The van der Waals surface area contributed by atoms with Crippen molar-refractivity contribution in [1.29, 1.82) is 0 Å². The predicted octanol–water partition coefficient (Wildman–Crippen LogP) is 0.895. The minimum Gasteiger partial charge on any atom is -0.469 e. The molecular weight excluding hydrogens is 194 g/mol. The molecule has 0 bridgehead atoms. The van der Waals surface area contributed by atoms with Crippen LogP contribution in [-0.4, -0.2) is 30.9 Å². The van der Waals surface area contributed by atoms with Crippen LogP contribution in [-0.2, 0) is 14.3 Å². The van der Waals surface area contributed by atoms with E-state index in [-0.39, 0.29) is 35.7 Å². The maximum Gasteiger partial charge on any atom is 0.307 e. The molecule has 0 aliphatic carbocycles. The standard InChI is InChI=1S/C11H19NO3/c1-11(2,3)9-6-8(13)7(12-9)5-10(14)15-4/h7,9,12H,5-6H2,1-4H3/t7-,9-/m1/s1. The summed E-state index contributed by atoms with van der Waals surface area (Å²) in [5.74, 6) is -0.226. The topological polar surface area (TPSA) is 55.4 Å². The summed E-state index contributed by atoms with van der Waals surface area (Å²) in [4.78, 5) is 22.7. The van der Waals surface area contributed by atoms with Gasteiger partial charge >= 0.3 is 5.97 Å². The van der Waals surface area contributed by atoms with Gasteiger partial charge in [0.05, 0.1) is 19.6 Å². The summed E-state index contributed by atoms with van der Waals surface area (Å²) in [6.07, 6.45) is 0.646. The maximum absolute atomic E-state index is 11.6. The lowest BCUT2D eigenvalue weighted by molar-refractivity contribution is -0.142. The molecule has 4 nitrogen and oxygen atoms in total. The van der Waals surface area contributed by atoms with Gasteiger partial charge in [0.1, 0.15) is 0 Å². The van der Waals surface area contributed by atoms with Crippen molar-refractivity contribution in [3.63, 3.8) is 0 Å². The largest absolute Gasteiger partial charge is 0.469 e. The molecule has 0 amide bonds. The van der Waals surface area contributed by atoms with Gasteiger partial charge in [-0.3, -0.25) is 9.59 Å². The average Bonchev–Trinajstić information content (AvgIpc) is 2.47. The quantitative estimate of drug-likeness (QED) is 0.692. The van der Waals surface area contributed by atoms with Gasteiger partial charge < -0.3 is 10.1 Å². The van der Waals surface area contributed by atoms with E-state index in [4.69, 9.17) is 0 Å². The fourth-order valence-electron chi connectivity index (χ4n) is 1.72. The van der Waals surface area contributed by atoms with Gasteiger partial charge in [-0.05, 0) is 5.41 Å². The number of methoxy groups -OCH3 is 1. The van der Waals surface area contributed by atoms with Crippen LogP contribution >= 0.6 is 0 Å². The minimum atomic E-state index is -0.360. The number of carbonyl (C=O) groups is 2. The summed E-state index contributed by atoms with van der Waals surface area (Å²) in [6.45, 7) is 6.25. The molecule has 4 heteroatoms. The van der Waals surface area contributed by atoms with Gasteiger partial charge in [-0.15, -0.1) is 0 Å². The van der Waals surface area contributed by atoms with Crippen molar-refractivity contribution in [2.45, 2.75) is 45.7 Å². The van der Waals surface area contributed by atoms with Crippen LogP contribution in [0.5, 0.6) is 0 Å². The summed E-state index contributed by atoms with van der Waals surface area (Å²) >= 11 is 0. The minimum absolute atomic E-state index is 0.0422. The van der Waals surface area contributed by atoms with E-state index in [2.05, 4.69) is 30.8 Å². The molecular formula is C11H19NO3. The van der Waals surface area contributed by atoms with Gasteiger partial charge in [0.25, 0.3) is 0 Å². The smallest absolute Gasteiger partial charge is 0.307 e. The second kappa shape index (κ2) is 4.31. The third-order valence-electron chi connectivity index (χ3n) is 2.84. The molecule has 1 N–H and O–H groups in total. The fourth-order valence-corrected chi connectivity index (χ4v) is 1.72. The van der Waals surface area contributed by atoms with Crippen molar-refractivity contribution in [1.82, 2.24) is 5.32 Å². The SMILES string of the molecule is COC(=O)C[C@H]1N[C@@H](C(C)(C)C)CC1=O. The summed E-state index contributed by atoms with van der Waals surface area (Å²) in [5.41, 5.74) is 0.0422. The Balaban J connectivity index is 2.57. The van der Waals surface area contributed by atoms with Gasteiger partial charge in [0.15, 0.2) is 5.78 Å². The number of rotatable bonds is 2. The van der Waals surface area contributed by atoms with Crippen molar-refractivity contribution >= 4 is 11.8 Å². The highest BCUT2D eigenvalue weighted by molar-refractivity contribution is 5.90. The van der Waals surface area contributed by atoms with Gasteiger partial charge in [-0.2, -0.15) is 0 Å². The number of ether oxygens (including phenoxy) is 1. The van der Waals surface area contributed by atoms with Crippen molar-refractivity contribution in [2.75, 3.05) is 7.11 Å². The molecule has 0 saturated carbocycles. The Morgan fingerprint density at radius 3 is 2.53 bits per heavy atom. The second-order valence-corrected chi connectivity index (χ2v) is 5.09. The molecule has 1 aliphatic rings. The van der Waals surface area contributed by atoms with E-state index in [0.29, 0.717) is 6.42 Å². The molecule has 0 aromatic carbocycles. The molecule has 15 heavy (non-hydrogen) atoms. The van der Waals surface area contributed by atoms with Crippen LogP contribution in [0, 0.1) is 5.41 Å². The Labute approximate surface area is 90.4 Å². The molecule has 0 aromatic rings. The van der Waals surface area contributed by atoms with Crippen LogP contribution in [0.25, 0.3) is 0 Å². The predicted molar refractivity (Wildman–Crippen MR) is 56.4 cm³/mol. The molecule has 1 saturated heterocycles. The molecule has 1 aliphatic heterocycles. The lowest BCUT2D eigenvalue weighted by Gasteiger charge is -2.26. The van der Waals surface area contributed by atoms with E-state index < -0.39 is 0 Å². The van der Waals surface area contributed by atoms with Crippen LogP contribution < -0.4 is 5.32 Å². The molecule has 1 fully saturated rings. The number of esters is 1. The maximum atomic E-state index is 11.6. The Morgan fingerprint density at radius 2 is 2.13 bits per heavy atom. The molecule has 0 radical (unpaired) electrons. The van der Waals surface area contributed by atoms with Crippen molar-refractivity contribution < 1.29 is 14.3 Å². The lowest BCUT2D eigenvalue weighted by atomic mass is 9.86. The zero-order valence-corrected chi connectivity index (χ0v) is 9.79. The number of hydrogen-bond donors (Lipinski definition) is 1. The average molecular weight is 213 g/mol. The summed E-state index contributed by atoms with van der Waals surface area (Å²) in [5, 5.41) is 3.20. The van der Waals surface area contributed by atoms with E-state index in [1.807, 2.05) is 0 Å². The van der Waals surface area contributed by atoms with E-state index in [9.17, 15) is 9.59 Å². The Morgan fingerprint density at radius 1 is 1.53 bits per heavy atom. The van der Waals surface area contributed by atoms with Crippen LogP contribution in [0.1, 0.15) is 33.6 Å². The van der Waals surface area contributed by atoms with E-state index in [1.54, 1.807) is 0 Å². The van der Waals surface area contributed by atoms with E-state index in [1.165, 1.54) is 7.11 Å². The number of nitrogens with one attached hydrogen (secondary N) is 1. The molecule has 0 aromatic heterocycles. The molecule has 86 valence electrons. The van der Waals surface area contributed by atoms with Crippen molar-refractivity contribution in [3.8, 4) is 0 Å². The zero-order valence-electron chi connectivity index (χ0n) is 9.79. The van der Waals surface area contributed by atoms with Gasteiger partial charge in [-0.1, -0.05) is 20.8 Å². The number of Topliss-reactive ketones (excluding diaryl/α,β-unsaturated/α-hetero) is 1. The first-order valence-corrected chi connectivity index (χ1v) is 5.20. The van der Waals surface area contributed by atoms with Gasteiger partial charge in [0.2, 0.25) is 0 Å². The van der Waals surface area contributed by atoms with Crippen LogP contribution in [0.4, 0.5) is 0 Å². The molecule has 1 rings (SSSR count). The molecule has 2 atom stereocenters. The number of carbonyl (C=O) groups excluding carboxylic acids is 2. The second-order valence-electron chi connectivity index (χ2n) is 5.09. The third-order valence-corrected chi connectivity index (χ3v) is 2.84. The lowest BCUT2D eigenvalue weighted by Crippen LogP contribution is -2.40. The summed E-state index contributed by atoms with van der Waals surface area (Å²) in [6, 6.07) is -0.207. The first-order valence-electron chi connectivity index (χ1n) is 5.20. The van der Waals surface area contributed by atoms with Crippen LogP contribution in [0.15, 0.2) is 0 Å². The Bertz CT molecular complexity index is 267. The normalized spacial score (nSPS) is 26.8. The third kappa shape index (κ3) is 3.02. The molecule has 0 spiro atoms. The van der Waals surface area contributed by atoms with E-state index in [0.717, 1.165) is 0 Å². The number of hydrogen-bond acceptors (Lipinski definition) is 4. The van der Waals surface area contributed by atoms with Gasteiger partial charge in [-0.25, -0.2) is 0 Å². The van der Waals surface area contributed by atoms with Crippen molar-refractivity contribution in [2.24, 2.45) is 5.41 Å². The monoisotopic (exact) mass is 213 g/mol. The first-order chi connectivity index (χ1) is 6.84. The fraction of sp³-hybridized carbons (Fsp3) is 0.818. The van der Waals surface area contributed by atoms with Gasteiger partial charge in [0, 0.05) is 12.5 Å². The molecule has 0 unspecified atom stereocenters. The Kier molecular flexibility index (Phi) is 3.50. The van der Waals surface area contributed by atoms with Crippen LogP contribution in [0.3, 0.4) is 0 Å². The highest BCUT2D eigenvalue weighted by atomic mass is 16.5.